The lowest BCUT2D eigenvalue weighted by Crippen LogP contribution is -2.54. The quantitative estimate of drug-likeness (QED) is 0.253. The molecule has 4 heterocycles. The number of piperazine rings is 1. The number of aromatic nitrogens is 4. The third kappa shape index (κ3) is 5.00. The van der Waals surface area contributed by atoms with E-state index in [9.17, 15) is 22.9 Å². The van der Waals surface area contributed by atoms with Crippen LogP contribution in [0.4, 0.5) is 19.0 Å². The molecule has 0 bridgehead atoms. The largest absolute Gasteiger partial charge is 0.355 e. The molecule has 42 heavy (non-hydrogen) atoms. The van der Waals surface area contributed by atoms with Crippen LogP contribution in [-0.2, 0) is 9.36 Å². The Hall–Kier alpha value is -4.31. The minimum atomic E-state index is -3.01. The summed E-state index contributed by atoms with van der Waals surface area (Å²) in [5.74, 6) is -3.26. The average molecular weight is 597 g/mol. The number of hydrogen-bond acceptors (Lipinski definition) is 7. The van der Waals surface area contributed by atoms with Gasteiger partial charge in [-0.15, -0.1) is 0 Å². The summed E-state index contributed by atoms with van der Waals surface area (Å²) in [4.78, 5) is 42.4. The van der Waals surface area contributed by atoms with Crippen LogP contribution in [0, 0.1) is 24.4 Å². The molecule has 0 spiro atoms. The smallest absolute Gasteiger partial charge is 0.350 e. The molecule has 218 valence electrons. The molecule has 3 aromatic heterocycles. The summed E-state index contributed by atoms with van der Waals surface area (Å²) in [5, 5.41) is 0.391. The Morgan fingerprint density at radius 2 is 1.79 bits per heavy atom. The van der Waals surface area contributed by atoms with Gasteiger partial charge >= 0.3 is 5.69 Å². The molecule has 1 atom stereocenters. The lowest BCUT2D eigenvalue weighted by atomic mass is 10.1. The Morgan fingerprint density at radius 3 is 2.40 bits per heavy atom. The van der Waals surface area contributed by atoms with E-state index in [4.69, 9.17) is 0 Å². The van der Waals surface area contributed by atoms with Crippen molar-refractivity contribution >= 4 is 35.2 Å². The molecule has 5 rings (SSSR count). The number of benzene rings is 1. The van der Waals surface area contributed by atoms with Gasteiger partial charge in [-0.05, 0) is 57.5 Å². The van der Waals surface area contributed by atoms with Gasteiger partial charge in [0.05, 0.1) is 22.3 Å². The van der Waals surface area contributed by atoms with E-state index < -0.39 is 41.5 Å². The maximum Gasteiger partial charge on any atom is 0.355 e. The zero-order chi connectivity index (χ0) is 30.5. The van der Waals surface area contributed by atoms with Crippen molar-refractivity contribution in [3.63, 3.8) is 0 Å². The normalized spacial score (nSPS) is 15.7. The van der Waals surface area contributed by atoms with Crippen molar-refractivity contribution in [1.29, 1.82) is 0 Å². The van der Waals surface area contributed by atoms with Crippen molar-refractivity contribution in [1.82, 2.24) is 24.4 Å². The van der Waals surface area contributed by atoms with Crippen molar-refractivity contribution in [2.75, 3.05) is 37.9 Å². The molecule has 0 aliphatic carbocycles. The molecular weight excluding hydrogens is 568 g/mol. The predicted molar refractivity (Wildman–Crippen MR) is 156 cm³/mol. The van der Waals surface area contributed by atoms with E-state index in [1.54, 1.807) is 16.7 Å². The zero-order valence-electron chi connectivity index (χ0n) is 23.4. The van der Waals surface area contributed by atoms with Gasteiger partial charge in [0.2, 0.25) is 5.91 Å². The van der Waals surface area contributed by atoms with Crippen LogP contribution in [0.1, 0.15) is 12.6 Å². The molecule has 13 heteroatoms. The highest BCUT2D eigenvalue weighted by Gasteiger charge is 2.31. The Labute approximate surface area is 239 Å². The molecule has 1 amide bonds. The standard InChI is InChI=1S/C29H28F3N6O3P/c1-6-23(39)36-12-13-37(16(2)15-36)27-18-14-21(32)25(24-19(30)8-7-9-20(24)31)34-28(18)38(29(40)35-27)26-17(3)33-11-10-22(26)42(4,5)41/h6-11,14,16H,1,12-13,15H2,2-5H3/t16-/m0/s1. The fourth-order valence-corrected chi connectivity index (χ4v) is 6.48. The fraction of sp³-hybridized carbons (Fsp3) is 0.276. The summed E-state index contributed by atoms with van der Waals surface area (Å²) in [6.45, 7) is 10.8. The fourth-order valence-electron chi connectivity index (χ4n) is 5.28. The van der Waals surface area contributed by atoms with Crippen LogP contribution in [0.2, 0.25) is 0 Å². The molecule has 4 aromatic rings. The number of nitrogens with zero attached hydrogens (tertiary/aromatic N) is 6. The predicted octanol–water partition coefficient (Wildman–Crippen LogP) is 4.04. The number of fused-ring (bicyclic) bond motifs is 1. The van der Waals surface area contributed by atoms with E-state index in [2.05, 4.69) is 21.5 Å². The third-order valence-electron chi connectivity index (χ3n) is 7.28. The monoisotopic (exact) mass is 596 g/mol. The number of anilines is 1. The van der Waals surface area contributed by atoms with Gasteiger partial charge in [0.15, 0.2) is 11.5 Å². The zero-order valence-corrected chi connectivity index (χ0v) is 24.3. The molecular formula is C29H28F3N6O3P. The number of amides is 1. The number of aryl methyl sites for hydroxylation is 1. The minimum Gasteiger partial charge on any atom is -0.350 e. The van der Waals surface area contributed by atoms with Gasteiger partial charge in [-0.25, -0.2) is 27.5 Å². The summed E-state index contributed by atoms with van der Waals surface area (Å²) in [5.41, 5.74) is -1.85. The molecule has 0 unspecified atom stereocenters. The maximum absolute atomic E-state index is 15.8. The summed E-state index contributed by atoms with van der Waals surface area (Å²) < 4.78 is 59.8. The average Bonchev–Trinajstić information content (AvgIpc) is 2.92. The topological polar surface area (TPSA) is 101 Å². The Morgan fingerprint density at radius 1 is 1.10 bits per heavy atom. The SMILES string of the molecule is C=CC(=O)N1CCN(c2nc(=O)n(-c3c(P(C)(C)=O)ccnc3C)c3nc(-c4c(F)cccc4F)c(F)cc23)[C@@H](C)C1. The first-order valence-corrected chi connectivity index (χ1v) is 15.7. The van der Waals surface area contributed by atoms with Crippen molar-refractivity contribution in [2.24, 2.45) is 0 Å². The van der Waals surface area contributed by atoms with Crippen molar-refractivity contribution in [3.8, 4) is 16.9 Å². The first-order chi connectivity index (χ1) is 19.8. The van der Waals surface area contributed by atoms with Crippen LogP contribution in [0.3, 0.4) is 0 Å². The van der Waals surface area contributed by atoms with Crippen molar-refractivity contribution in [2.45, 2.75) is 19.9 Å². The number of halogens is 3. The Balaban J connectivity index is 1.86. The lowest BCUT2D eigenvalue weighted by molar-refractivity contribution is -0.126. The molecule has 1 saturated heterocycles. The maximum atomic E-state index is 15.8. The summed E-state index contributed by atoms with van der Waals surface area (Å²) in [6, 6.07) is 5.33. The number of carbonyl (C=O) groups excluding carboxylic acids is 1. The number of hydrogen-bond donors (Lipinski definition) is 0. The second-order valence-corrected chi connectivity index (χ2v) is 13.7. The Kier molecular flexibility index (Phi) is 7.53. The number of carbonyl (C=O) groups is 1. The summed E-state index contributed by atoms with van der Waals surface area (Å²) in [6.07, 6.45) is 2.68. The minimum absolute atomic E-state index is 0.0826. The van der Waals surface area contributed by atoms with E-state index in [-0.39, 0.29) is 54.1 Å². The number of rotatable bonds is 5. The summed E-state index contributed by atoms with van der Waals surface area (Å²) in [7, 11) is -3.01. The highest BCUT2D eigenvalue weighted by Crippen LogP contribution is 2.39. The first-order valence-electron chi connectivity index (χ1n) is 13.1. The van der Waals surface area contributed by atoms with Gasteiger partial charge in [-0.1, -0.05) is 12.6 Å². The Bertz CT molecular complexity index is 1850. The molecule has 1 fully saturated rings. The van der Waals surface area contributed by atoms with Gasteiger partial charge in [-0.2, -0.15) is 4.98 Å². The van der Waals surface area contributed by atoms with E-state index in [1.807, 2.05) is 6.92 Å². The van der Waals surface area contributed by atoms with Gasteiger partial charge in [0.1, 0.15) is 30.3 Å². The van der Waals surface area contributed by atoms with Crippen LogP contribution < -0.4 is 15.9 Å². The van der Waals surface area contributed by atoms with Crippen molar-refractivity contribution < 1.29 is 22.5 Å². The highest BCUT2D eigenvalue weighted by atomic mass is 31.2. The van der Waals surface area contributed by atoms with Gasteiger partial charge in [0.25, 0.3) is 0 Å². The van der Waals surface area contributed by atoms with E-state index in [0.29, 0.717) is 11.0 Å². The van der Waals surface area contributed by atoms with Crippen LogP contribution in [0.5, 0.6) is 0 Å². The third-order valence-corrected chi connectivity index (χ3v) is 8.80. The summed E-state index contributed by atoms with van der Waals surface area (Å²) >= 11 is 0. The van der Waals surface area contributed by atoms with Crippen LogP contribution in [0.15, 0.2) is 54.0 Å². The van der Waals surface area contributed by atoms with Crippen LogP contribution in [0.25, 0.3) is 28.0 Å². The molecule has 0 saturated carbocycles. The van der Waals surface area contributed by atoms with Crippen molar-refractivity contribution in [3.05, 3.63) is 82.8 Å². The molecule has 1 aromatic carbocycles. The molecule has 0 N–H and O–H groups in total. The molecule has 1 aliphatic heterocycles. The van der Waals surface area contributed by atoms with E-state index in [1.165, 1.54) is 31.7 Å². The second kappa shape index (κ2) is 10.8. The van der Waals surface area contributed by atoms with Crippen LogP contribution >= 0.6 is 7.14 Å². The van der Waals surface area contributed by atoms with Crippen LogP contribution in [-0.4, -0.2) is 69.3 Å². The van der Waals surface area contributed by atoms with Gasteiger partial charge in [-0.3, -0.25) is 9.78 Å². The lowest BCUT2D eigenvalue weighted by Gasteiger charge is -2.40. The number of pyridine rings is 2. The molecule has 9 nitrogen and oxygen atoms in total. The van der Waals surface area contributed by atoms with Gasteiger partial charge in [0, 0.05) is 37.2 Å². The second-order valence-electron chi connectivity index (χ2n) is 10.5. The molecule has 0 radical (unpaired) electrons. The van der Waals surface area contributed by atoms with E-state index >= 15 is 4.39 Å². The molecule has 1 aliphatic rings. The van der Waals surface area contributed by atoms with Gasteiger partial charge < -0.3 is 14.4 Å². The first kappa shape index (κ1) is 29.2. The van der Waals surface area contributed by atoms with E-state index in [0.717, 1.165) is 28.8 Å². The highest BCUT2D eigenvalue weighted by molar-refractivity contribution is 7.70.